The molecule has 0 spiro atoms. The summed E-state index contributed by atoms with van der Waals surface area (Å²) in [5, 5.41) is 8.97. The minimum atomic E-state index is -0.196. The predicted molar refractivity (Wildman–Crippen MR) is 119 cm³/mol. The molecular formula is C23H21ClN4O2. The van der Waals surface area contributed by atoms with E-state index in [1.165, 1.54) is 0 Å². The molecule has 2 aromatic heterocycles. The zero-order valence-corrected chi connectivity index (χ0v) is 17.7. The number of methoxy groups -OCH3 is 1. The molecule has 2 heterocycles. The Kier molecular flexibility index (Phi) is 5.42. The average Bonchev–Trinajstić information content (AvgIpc) is 3.00. The van der Waals surface area contributed by atoms with Crippen LogP contribution in [0.2, 0.25) is 5.02 Å². The second-order valence-corrected chi connectivity index (χ2v) is 7.46. The number of anilines is 1. The third kappa shape index (κ3) is 4.00. The Labute approximate surface area is 179 Å². The largest absolute Gasteiger partial charge is 0.497 e. The van der Waals surface area contributed by atoms with Crippen molar-refractivity contribution in [2.45, 2.75) is 20.4 Å². The molecule has 30 heavy (non-hydrogen) atoms. The third-order valence-electron chi connectivity index (χ3n) is 4.96. The van der Waals surface area contributed by atoms with Crippen molar-refractivity contribution >= 4 is 34.1 Å². The highest BCUT2D eigenvalue weighted by Crippen LogP contribution is 2.23. The summed E-state index contributed by atoms with van der Waals surface area (Å²) in [7, 11) is 1.62. The zero-order valence-electron chi connectivity index (χ0n) is 16.9. The van der Waals surface area contributed by atoms with Gasteiger partial charge in [-0.1, -0.05) is 23.7 Å². The quantitative estimate of drug-likeness (QED) is 0.492. The van der Waals surface area contributed by atoms with Crippen LogP contribution >= 0.6 is 11.6 Å². The first-order valence-corrected chi connectivity index (χ1v) is 9.86. The van der Waals surface area contributed by atoms with Crippen molar-refractivity contribution in [2.75, 3.05) is 12.4 Å². The fraction of sp³-hybridized carbons (Fsp3) is 0.174. The second kappa shape index (κ2) is 8.16. The van der Waals surface area contributed by atoms with Crippen LogP contribution in [0, 0.1) is 13.8 Å². The number of ether oxygens (including phenoxy) is 1. The van der Waals surface area contributed by atoms with Gasteiger partial charge in [0.05, 0.1) is 47.5 Å². The number of amides is 1. The highest BCUT2D eigenvalue weighted by molar-refractivity contribution is 6.31. The van der Waals surface area contributed by atoms with E-state index in [1.54, 1.807) is 19.4 Å². The Bertz CT molecular complexity index is 1250. The molecule has 0 fully saturated rings. The SMILES string of the molecule is COc1ccc2cc(NC(=O)c3cccc(Cn4nc(C)c(Cl)c4C)c3)cnc2c1. The van der Waals surface area contributed by atoms with Gasteiger partial charge in [-0.3, -0.25) is 14.5 Å². The van der Waals surface area contributed by atoms with Gasteiger partial charge in [-0.2, -0.15) is 5.10 Å². The topological polar surface area (TPSA) is 69.0 Å². The van der Waals surface area contributed by atoms with E-state index < -0.39 is 0 Å². The van der Waals surface area contributed by atoms with Crippen molar-refractivity contribution in [1.82, 2.24) is 14.8 Å². The number of carbonyl (C=O) groups excluding carboxylic acids is 1. The minimum Gasteiger partial charge on any atom is -0.497 e. The number of carbonyl (C=O) groups is 1. The van der Waals surface area contributed by atoms with E-state index in [4.69, 9.17) is 16.3 Å². The van der Waals surface area contributed by atoms with Crippen LogP contribution in [0.15, 0.2) is 54.7 Å². The van der Waals surface area contributed by atoms with E-state index in [-0.39, 0.29) is 5.91 Å². The summed E-state index contributed by atoms with van der Waals surface area (Å²) in [6.07, 6.45) is 1.64. The summed E-state index contributed by atoms with van der Waals surface area (Å²) in [5.41, 5.74) is 4.67. The van der Waals surface area contributed by atoms with Crippen LogP contribution in [0.5, 0.6) is 5.75 Å². The number of nitrogens with one attached hydrogen (secondary N) is 1. The van der Waals surface area contributed by atoms with Crippen molar-refractivity contribution < 1.29 is 9.53 Å². The van der Waals surface area contributed by atoms with E-state index in [2.05, 4.69) is 15.4 Å². The van der Waals surface area contributed by atoms with E-state index in [1.807, 2.05) is 61.0 Å². The van der Waals surface area contributed by atoms with Crippen LogP contribution in [0.4, 0.5) is 5.69 Å². The van der Waals surface area contributed by atoms with Crippen molar-refractivity contribution in [2.24, 2.45) is 0 Å². The normalized spacial score (nSPS) is 10.9. The molecule has 2 aromatic carbocycles. The fourth-order valence-corrected chi connectivity index (χ4v) is 3.45. The number of nitrogens with zero attached hydrogens (tertiary/aromatic N) is 3. The van der Waals surface area contributed by atoms with Crippen LogP contribution in [0.25, 0.3) is 10.9 Å². The number of benzene rings is 2. The molecule has 0 bridgehead atoms. The summed E-state index contributed by atoms with van der Waals surface area (Å²) < 4.78 is 7.06. The monoisotopic (exact) mass is 420 g/mol. The van der Waals surface area contributed by atoms with E-state index >= 15 is 0 Å². The number of hydrogen-bond donors (Lipinski definition) is 1. The second-order valence-electron chi connectivity index (χ2n) is 7.08. The standard InChI is InChI=1S/C23H21ClN4O2/c1-14-22(24)15(2)28(27-14)13-16-5-4-6-18(9-16)23(29)26-19-10-17-7-8-20(30-3)11-21(17)25-12-19/h4-12H,13H2,1-3H3,(H,26,29). The predicted octanol–water partition coefficient (Wildman–Crippen LogP) is 5.01. The van der Waals surface area contributed by atoms with Gasteiger partial charge in [0.15, 0.2) is 0 Å². The third-order valence-corrected chi connectivity index (χ3v) is 5.51. The molecule has 1 amide bonds. The first-order chi connectivity index (χ1) is 14.4. The Balaban J connectivity index is 1.53. The maximum absolute atomic E-state index is 12.8. The molecule has 7 heteroatoms. The molecule has 0 saturated carbocycles. The molecule has 152 valence electrons. The molecule has 0 atom stereocenters. The van der Waals surface area contributed by atoms with Gasteiger partial charge in [0.25, 0.3) is 5.91 Å². The number of rotatable bonds is 5. The van der Waals surface area contributed by atoms with Crippen molar-refractivity contribution in [3.63, 3.8) is 0 Å². The molecule has 4 rings (SSSR count). The Morgan fingerprint density at radius 1 is 1.17 bits per heavy atom. The van der Waals surface area contributed by atoms with Crippen LogP contribution in [0.3, 0.4) is 0 Å². The molecule has 0 aliphatic heterocycles. The zero-order chi connectivity index (χ0) is 21.3. The molecule has 0 aliphatic rings. The van der Waals surface area contributed by atoms with Crippen LogP contribution in [-0.2, 0) is 6.54 Å². The first kappa shape index (κ1) is 19.9. The molecule has 4 aromatic rings. The molecule has 0 saturated heterocycles. The Morgan fingerprint density at radius 3 is 2.73 bits per heavy atom. The van der Waals surface area contributed by atoms with Gasteiger partial charge >= 0.3 is 0 Å². The van der Waals surface area contributed by atoms with Crippen molar-refractivity contribution in [3.8, 4) is 5.75 Å². The summed E-state index contributed by atoms with van der Waals surface area (Å²) in [6, 6.07) is 15.0. The Morgan fingerprint density at radius 2 is 2.00 bits per heavy atom. The van der Waals surface area contributed by atoms with Gasteiger partial charge in [-0.05, 0) is 49.7 Å². The lowest BCUT2D eigenvalue weighted by atomic mass is 10.1. The molecule has 1 N–H and O–H groups in total. The number of aromatic nitrogens is 3. The van der Waals surface area contributed by atoms with Crippen molar-refractivity contribution in [1.29, 1.82) is 0 Å². The maximum Gasteiger partial charge on any atom is 0.255 e. The number of halogens is 1. The summed E-state index contributed by atoms with van der Waals surface area (Å²) in [6.45, 7) is 4.35. The Hall–Kier alpha value is -3.38. The van der Waals surface area contributed by atoms with Crippen LogP contribution < -0.4 is 10.1 Å². The lowest BCUT2D eigenvalue weighted by Crippen LogP contribution is -2.13. The molecule has 6 nitrogen and oxygen atoms in total. The summed E-state index contributed by atoms with van der Waals surface area (Å²) >= 11 is 6.23. The van der Waals surface area contributed by atoms with Gasteiger partial charge in [0.2, 0.25) is 0 Å². The van der Waals surface area contributed by atoms with E-state index in [0.29, 0.717) is 22.8 Å². The van der Waals surface area contributed by atoms with Crippen LogP contribution in [-0.4, -0.2) is 27.8 Å². The number of hydrogen-bond acceptors (Lipinski definition) is 4. The molecular weight excluding hydrogens is 400 g/mol. The maximum atomic E-state index is 12.8. The summed E-state index contributed by atoms with van der Waals surface area (Å²) in [5.74, 6) is 0.547. The van der Waals surface area contributed by atoms with Gasteiger partial charge in [0.1, 0.15) is 5.75 Å². The molecule has 0 unspecified atom stereocenters. The lowest BCUT2D eigenvalue weighted by molar-refractivity contribution is 0.102. The first-order valence-electron chi connectivity index (χ1n) is 9.48. The van der Waals surface area contributed by atoms with Crippen molar-refractivity contribution in [3.05, 3.63) is 82.3 Å². The van der Waals surface area contributed by atoms with Gasteiger partial charge in [-0.15, -0.1) is 0 Å². The van der Waals surface area contributed by atoms with Gasteiger partial charge < -0.3 is 10.1 Å². The van der Waals surface area contributed by atoms with Gasteiger partial charge in [-0.25, -0.2) is 0 Å². The number of pyridine rings is 1. The van der Waals surface area contributed by atoms with Gasteiger partial charge in [0, 0.05) is 17.0 Å². The highest BCUT2D eigenvalue weighted by Gasteiger charge is 2.12. The van der Waals surface area contributed by atoms with E-state index in [0.717, 1.165) is 33.6 Å². The number of aryl methyl sites for hydroxylation is 1. The summed E-state index contributed by atoms with van der Waals surface area (Å²) in [4.78, 5) is 17.2. The number of fused-ring (bicyclic) bond motifs is 1. The van der Waals surface area contributed by atoms with Crippen LogP contribution in [0.1, 0.15) is 27.3 Å². The minimum absolute atomic E-state index is 0.196. The lowest BCUT2D eigenvalue weighted by Gasteiger charge is -2.09. The fourth-order valence-electron chi connectivity index (χ4n) is 3.31. The highest BCUT2D eigenvalue weighted by atomic mass is 35.5. The van der Waals surface area contributed by atoms with E-state index in [9.17, 15) is 4.79 Å². The average molecular weight is 421 g/mol. The molecule has 0 radical (unpaired) electrons. The molecule has 0 aliphatic carbocycles. The smallest absolute Gasteiger partial charge is 0.255 e.